The largest absolute Gasteiger partial charge is 0.300 e. The van der Waals surface area contributed by atoms with Gasteiger partial charge in [0, 0.05) is 55.1 Å². The Morgan fingerprint density at radius 2 is 1.85 bits per heavy atom. The third-order valence-corrected chi connectivity index (χ3v) is 4.39. The molecule has 0 aromatic carbocycles. The summed E-state index contributed by atoms with van der Waals surface area (Å²) >= 11 is 2.47. The maximum Gasteiger partial charge on any atom is 0.0201 e. The Bertz CT molecular complexity index is 184. The molecular formula is C10H19IN2. The minimum Gasteiger partial charge on any atom is -0.300 e. The SMILES string of the molecule is CC(C)N1CC2CCN(I)CC2C1. The second-order valence-corrected chi connectivity index (χ2v) is 6.09. The monoisotopic (exact) mass is 294 g/mol. The van der Waals surface area contributed by atoms with Gasteiger partial charge in [-0.2, -0.15) is 0 Å². The summed E-state index contributed by atoms with van der Waals surface area (Å²) in [4.78, 5) is 2.64. The standard InChI is InChI=1S/C10H19IN2/c1-8(2)12-5-9-3-4-13(11)7-10(9)6-12/h8-10H,3-7H2,1-2H3. The molecule has 0 radical (unpaired) electrons. The lowest BCUT2D eigenvalue weighted by molar-refractivity contribution is 0.256. The zero-order valence-electron chi connectivity index (χ0n) is 8.54. The lowest BCUT2D eigenvalue weighted by atomic mass is 9.90. The number of halogens is 1. The van der Waals surface area contributed by atoms with Gasteiger partial charge in [0.2, 0.25) is 0 Å². The third kappa shape index (κ3) is 2.18. The van der Waals surface area contributed by atoms with Gasteiger partial charge in [0.25, 0.3) is 0 Å². The Labute approximate surface area is 95.2 Å². The molecule has 2 heterocycles. The minimum atomic E-state index is 0.744. The predicted molar refractivity (Wildman–Crippen MR) is 63.9 cm³/mol. The van der Waals surface area contributed by atoms with Gasteiger partial charge in [-0.3, -0.25) is 0 Å². The van der Waals surface area contributed by atoms with E-state index in [9.17, 15) is 0 Å². The van der Waals surface area contributed by atoms with Gasteiger partial charge in [0.15, 0.2) is 0 Å². The maximum absolute atomic E-state index is 2.64. The van der Waals surface area contributed by atoms with Crippen LogP contribution in [0.2, 0.25) is 0 Å². The zero-order valence-corrected chi connectivity index (χ0v) is 10.7. The number of hydrogen-bond acceptors (Lipinski definition) is 2. The van der Waals surface area contributed by atoms with Crippen LogP contribution in [0, 0.1) is 11.8 Å². The van der Waals surface area contributed by atoms with E-state index in [4.69, 9.17) is 0 Å². The second kappa shape index (κ2) is 4.03. The third-order valence-electron chi connectivity index (χ3n) is 3.51. The highest BCUT2D eigenvalue weighted by atomic mass is 127. The van der Waals surface area contributed by atoms with Crippen molar-refractivity contribution in [2.24, 2.45) is 11.8 Å². The van der Waals surface area contributed by atoms with E-state index < -0.39 is 0 Å². The number of nitrogens with zero attached hydrogens (tertiary/aromatic N) is 2. The summed E-state index contributed by atoms with van der Waals surface area (Å²) in [7, 11) is 0. The molecule has 3 heteroatoms. The predicted octanol–water partition coefficient (Wildman–Crippen LogP) is 2.00. The van der Waals surface area contributed by atoms with E-state index in [1.807, 2.05) is 0 Å². The highest BCUT2D eigenvalue weighted by Crippen LogP contribution is 2.33. The molecule has 0 bridgehead atoms. The van der Waals surface area contributed by atoms with Gasteiger partial charge in [-0.15, -0.1) is 0 Å². The lowest BCUT2D eigenvalue weighted by Crippen LogP contribution is -2.34. The number of fused-ring (bicyclic) bond motifs is 1. The van der Waals surface area contributed by atoms with Gasteiger partial charge in [-0.25, -0.2) is 3.11 Å². The summed E-state index contributed by atoms with van der Waals surface area (Å²) < 4.78 is 2.46. The first-order valence-electron chi connectivity index (χ1n) is 5.31. The first-order chi connectivity index (χ1) is 6.16. The van der Waals surface area contributed by atoms with Gasteiger partial charge in [-0.05, 0) is 32.1 Å². The molecule has 0 aliphatic carbocycles. The molecule has 0 aromatic rings. The van der Waals surface area contributed by atoms with Gasteiger partial charge in [-0.1, -0.05) is 0 Å². The van der Waals surface area contributed by atoms with Crippen LogP contribution in [0.4, 0.5) is 0 Å². The fourth-order valence-corrected chi connectivity index (χ4v) is 3.37. The van der Waals surface area contributed by atoms with E-state index in [0.29, 0.717) is 0 Å². The maximum atomic E-state index is 2.64. The van der Waals surface area contributed by atoms with Crippen molar-refractivity contribution in [2.45, 2.75) is 26.3 Å². The van der Waals surface area contributed by atoms with Gasteiger partial charge in [0.1, 0.15) is 0 Å². The van der Waals surface area contributed by atoms with Crippen LogP contribution in [-0.4, -0.2) is 40.2 Å². The Morgan fingerprint density at radius 3 is 2.54 bits per heavy atom. The number of likely N-dealkylation sites (tertiary alicyclic amines) is 1. The highest BCUT2D eigenvalue weighted by molar-refractivity contribution is 14.1. The summed E-state index contributed by atoms with van der Waals surface area (Å²) in [6.07, 6.45) is 1.41. The molecule has 2 nitrogen and oxygen atoms in total. The number of rotatable bonds is 1. The molecule has 2 aliphatic heterocycles. The van der Waals surface area contributed by atoms with Crippen LogP contribution < -0.4 is 0 Å². The molecule has 0 saturated carbocycles. The van der Waals surface area contributed by atoms with Crippen molar-refractivity contribution in [3.05, 3.63) is 0 Å². The molecule has 2 fully saturated rings. The smallest absolute Gasteiger partial charge is 0.0201 e. The summed E-state index contributed by atoms with van der Waals surface area (Å²) in [6, 6.07) is 0.744. The fourth-order valence-electron chi connectivity index (χ4n) is 2.58. The molecule has 0 aromatic heterocycles. The van der Waals surface area contributed by atoms with Gasteiger partial charge in [0.05, 0.1) is 0 Å². The Hall–Kier alpha value is 0.650. The van der Waals surface area contributed by atoms with Crippen molar-refractivity contribution >= 4 is 22.9 Å². The van der Waals surface area contributed by atoms with Crippen molar-refractivity contribution in [1.82, 2.24) is 8.01 Å². The average Bonchev–Trinajstić information content (AvgIpc) is 2.46. The molecule has 0 N–H and O–H groups in total. The Morgan fingerprint density at radius 1 is 1.15 bits per heavy atom. The average molecular weight is 294 g/mol. The first-order valence-corrected chi connectivity index (χ1v) is 6.28. The number of hydrogen-bond donors (Lipinski definition) is 0. The fraction of sp³-hybridized carbons (Fsp3) is 1.00. The molecule has 76 valence electrons. The van der Waals surface area contributed by atoms with Crippen molar-refractivity contribution < 1.29 is 0 Å². The van der Waals surface area contributed by atoms with E-state index in [-0.39, 0.29) is 0 Å². The topological polar surface area (TPSA) is 6.48 Å². The van der Waals surface area contributed by atoms with Gasteiger partial charge < -0.3 is 4.90 Å². The van der Waals surface area contributed by atoms with Crippen molar-refractivity contribution in [2.75, 3.05) is 26.2 Å². The van der Waals surface area contributed by atoms with E-state index >= 15 is 0 Å². The molecular weight excluding hydrogens is 275 g/mol. The summed E-state index contributed by atoms with van der Waals surface area (Å²) in [5.41, 5.74) is 0. The second-order valence-electron chi connectivity index (χ2n) is 4.73. The Kier molecular flexibility index (Phi) is 3.15. The van der Waals surface area contributed by atoms with E-state index in [0.717, 1.165) is 17.9 Å². The molecule has 2 unspecified atom stereocenters. The zero-order chi connectivity index (χ0) is 9.42. The van der Waals surface area contributed by atoms with Crippen LogP contribution in [0.3, 0.4) is 0 Å². The molecule has 2 atom stereocenters. The van der Waals surface area contributed by atoms with E-state index in [1.165, 1.54) is 32.6 Å². The summed E-state index contributed by atoms with van der Waals surface area (Å²) in [6.45, 7) is 9.94. The van der Waals surface area contributed by atoms with Crippen molar-refractivity contribution in [3.8, 4) is 0 Å². The van der Waals surface area contributed by atoms with Crippen molar-refractivity contribution in [3.63, 3.8) is 0 Å². The Balaban J connectivity index is 1.94. The van der Waals surface area contributed by atoms with Crippen LogP contribution in [0.1, 0.15) is 20.3 Å². The molecule has 13 heavy (non-hydrogen) atoms. The van der Waals surface area contributed by atoms with E-state index in [1.54, 1.807) is 0 Å². The molecule has 2 rings (SSSR count). The molecule has 2 aliphatic rings. The van der Waals surface area contributed by atoms with Crippen LogP contribution in [0.5, 0.6) is 0 Å². The summed E-state index contributed by atoms with van der Waals surface area (Å²) in [5.74, 6) is 1.95. The van der Waals surface area contributed by atoms with Crippen LogP contribution >= 0.6 is 22.9 Å². The van der Waals surface area contributed by atoms with Crippen LogP contribution in [0.15, 0.2) is 0 Å². The molecule has 0 amide bonds. The minimum absolute atomic E-state index is 0.744. The van der Waals surface area contributed by atoms with Crippen LogP contribution in [0.25, 0.3) is 0 Å². The molecule has 0 spiro atoms. The van der Waals surface area contributed by atoms with Crippen LogP contribution in [-0.2, 0) is 0 Å². The molecule has 2 saturated heterocycles. The quantitative estimate of drug-likeness (QED) is 0.539. The normalized spacial score (nSPS) is 36.9. The van der Waals surface area contributed by atoms with Crippen molar-refractivity contribution in [1.29, 1.82) is 0 Å². The van der Waals surface area contributed by atoms with Gasteiger partial charge >= 0.3 is 0 Å². The first kappa shape index (κ1) is 10.2. The summed E-state index contributed by atoms with van der Waals surface area (Å²) in [5, 5.41) is 0. The number of piperidine rings is 1. The highest BCUT2D eigenvalue weighted by Gasteiger charge is 2.36. The van der Waals surface area contributed by atoms with E-state index in [2.05, 4.69) is 44.7 Å². The lowest BCUT2D eigenvalue weighted by Gasteiger charge is -2.29.